The lowest BCUT2D eigenvalue weighted by atomic mass is 10.0. The number of hydrogen-bond acceptors (Lipinski definition) is 5. The molecule has 2 aromatic heterocycles. The quantitative estimate of drug-likeness (QED) is 0.879. The van der Waals surface area contributed by atoms with Crippen LogP contribution in [-0.4, -0.2) is 54.0 Å². The Hall–Kier alpha value is -2.47. The van der Waals surface area contributed by atoms with Crippen molar-refractivity contribution in [3.05, 3.63) is 53.0 Å². The number of nitrogens with zero attached hydrogens (tertiary/aromatic N) is 4. The van der Waals surface area contributed by atoms with Gasteiger partial charge in [0.15, 0.2) is 0 Å². The standard InChI is InChI=1S/C21H29N5O/c1-15(2)23-21(27)18-13-16-8-11-26(14-17-7-5-6-10-22-17)12-9-19(16)24-20(18)25(3)4/h5-7,10,13,15H,8-9,11-12,14H2,1-4H3,(H,23,27). The van der Waals surface area contributed by atoms with Gasteiger partial charge in [-0.2, -0.15) is 0 Å². The van der Waals surface area contributed by atoms with E-state index in [4.69, 9.17) is 4.98 Å². The lowest BCUT2D eigenvalue weighted by molar-refractivity contribution is 0.0943. The summed E-state index contributed by atoms with van der Waals surface area (Å²) in [5.74, 6) is 0.684. The molecule has 0 bridgehead atoms. The van der Waals surface area contributed by atoms with E-state index >= 15 is 0 Å². The van der Waals surface area contributed by atoms with Crippen LogP contribution < -0.4 is 10.2 Å². The van der Waals surface area contributed by atoms with Gasteiger partial charge in [0.05, 0.1) is 11.3 Å². The maximum Gasteiger partial charge on any atom is 0.255 e. The van der Waals surface area contributed by atoms with Crippen molar-refractivity contribution in [2.24, 2.45) is 0 Å². The Balaban J connectivity index is 1.82. The monoisotopic (exact) mass is 367 g/mol. The second-order valence-corrected chi connectivity index (χ2v) is 7.59. The molecule has 1 N–H and O–H groups in total. The first kappa shape index (κ1) is 19.3. The smallest absolute Gasteiger partial charge is 0.255 e. The van der Waals surface area contributed by atoms with Crippen molar-refractivity contribution in [2.45, 2.75) is 39.3 Å². The van der Waals surface area contributed by atoms with E-state index in [1.807, 2.05) is 57.2 Å². The zero-order valence-corrected chi connectivity index (χ0v) is 16.7. The van der Waals surface area contributed by atoms with Gasteiger partial charge in [-0.1, -0.05) is 6.07 Å². The molecule has 1 aliphatic rings. The summed E-state index contributed by atoms with van der Waals surface area (Å²) >= 11 is 0. The average Bonchev–Trinajstić information content (AvgIpc) is 2.83. The Bertz CT molecular complexity index is 789. The van der Waals surface area contributed by atoms with Gasteiger partial charge in [-0.3, -0.25) is 14.7 Å². The summed E-state index contributed by atoms with van der Waals surface area (Å²) in [5.41, 5.74) is 4.02. The third-order valence-corrected chi connectivity index (χ3v) is 4.73. The minimum atomic E-state index is -0.0569. The van der Waals surface area contributed by atoms with Gasteiger partial charge in [0.25, 0.3) is 5.91 Å². The number of rotatable bonds is 5. The molecule has 0 atom stereocenters. The number of hydrogen-bond donors (Lipinski definition) is 1. The van der Waals surface area contributed by atoms with E-state index in [1.54, 1.807) is 0 Å². The predicted octanol–water partition coefficient (Wildman–Crippen LogP) is 2.28. The predicted molar refractivity (Wildman–Crippen MR) is 108 cm³/mol. The molecular weight excluding hydrogens is 338 g/mol. The summed E-state index contributed by atoms with van der Waals surface area (Å²) in [4.78, 5) is 26.3. The van der Waals surface area contributed by atoms with E-state index in [0.717, 1.165) is 49.7 Å². The highest BCUT2D eigenvalue weighted by Crippen LogP contribution is 2.24. The van der Waals surface area contributed by atoms with E-state index in [1.165, 1.54) is 5.56 Å². The highest BCUT2D eigenvalue weighted by atomic mass is 16.1. The molecule has 0 saturated carbocycles. The highest BCUT2D eigenvalue weighted by Gasteiger charge is 2.22. The van der Waals surface area contributed by atoms with E-state index in [2.05, 4.69) is 21.3 Å². The summed E-state index contributed by atoms with van der Waals surface area (Å²) in [6.07, 6.45) is 3.62. The molecule has 0 spiro atoms. The van der Waals surface area contributed by atoms with Gasteiger partial charge in [0.1, 0.15) is 5.82 Å². The maximum absolute atomic E-state index is 12.7. The van der Waals surface area contributed by atoms with Crippen LogP contribution in [0, 0.1) is 0 Å². The second kappa shape index (κ2) is 8.48. The number of pyridine rings is 2. The van der Waals surface area contributed by atoms with Crippen LogP contribution in [-0.2, 0) is 19.4 Å². The van der Waals surface area contributed by atoms with Crippen LogP contribution in [0.1, 0.15) is 41.2 Å². The Labute approximate surface area is 161 Å². The molecular formula is C21H29N5O. The van der Waals surface area contributed by atoms with Crippen LogP contribution in [0.3, 0.4) is 0 Å². The molecule has 27 heavy (non-hydrogen) atoms. The zero-order valence-electron chi connectivity index (χ0n) is 16.7. The van der Waals surface area contributed by atoms with Crippen molar-refractivity contribution in [1.29, 1.82) is 0 Å². The third kappa shape index (κ3) is 4.83. The normalized spacial score (nSPS) is 14.6. The molecule has 144 valence electrons. The molecule has 0 radical (unpaired) electrons. The van der Waals surface area contributed by atoms with Crippen molar-refractivity contribution in [3.63, 3.8) is 0 Å². The number of anilines is 1. The summed E-state index contributed by atoms with van der Waals surface area (Å²) in [7, 11) is 3.87. The Morgan fingerprint density at radius 1 is 1.26 bits per heavy atom. The molecule has 1 amide bonds. The largest absolute Gasteiger partial charge is 0.362 e. The van der Waals surface area contributed by atoms with Crippen LogP contribution in [0.5, 0.6) is 0 Å². The molecule has 2 aromatic rings. The zero-order chi connectivity index (χ0) is 19.4. The van der Waals surface area contributed by atoms with Crippen molar-refractivity contribution in [2.75, 3.05) is 32.1 Å². The van der Waals surface area contributed by atoms with Gasteiger partial charge in [-0.05, 0) is 44.0 Å². The van der Waals surface area contributed by atoms with Crippen LogP contribution >= 0.6 is 0 Å². The molecule has 0 saturated heterocycles. The summed E-state index contributed by atoms with van der Waals surface area (Å²) < 4.78 is 0. The van der Waals surface area contributed by atoms with Crippen LogP contribution in [0.2, 0.25) is 0 Å². The van der Waals surface area contributed by atoms with Gasteiger partial charge < -0.3 is 10.2 Å². The molecule has 0 unspecified atom stereocenters. The van der Waals surface area contributed by atoms with Gasteiger partial charge in [-0.25, -0.2) is 4.98 Å². The minimum Gasteiger partial charge on any atom is -0.362 e. The van der Waals surface area contributed by atoms with E-state index in [0.29, 0.717) is 5.56 Å². The maximum atomic E-state index is 12.7. The van der Waals surface area contributed by atoms with Crippen molar-refractivity contribution < 1.29 is 4.79 Å². The van der Waals surface area contributed by atoms with E-state index in [9.17, 15) is 4.79 Å². The van der Waals surface area contributed by atoms with Gasteiger partial charge in [0, 0.05) is 58.1 Å². The summed E-state index contributed by atoms with van der Waals surface area (Å²) in [6, 6.07) is 8.17. The Morgan fingerprint density at radius 2 is 2.04 bits per heavy atom. The number of carbonyl (C=O) groups excluding carboxylic acids is 1. The van der Waals surface area contributed by atoms with E-state index in [-0.39, 0.29) is 11.9 Å². The van der Waals surface area contributed by atoms with Gasteiger partial charge >= 0.3 is 0 Å². The topological polar surface area (TPSA) is 61.4 Å². The fourth-order valence-electron chi connectivity index (χ4n) is 3.40. The summed E-state index contributed by atoms with van der Waals surface area (Å²) in [5, 5.41) is 2.99. The molecule has 0 aliphatic carbocycles. The molecule has 3 rings (SSSR count). The van der Waals surface area contributed by atoms with Gasteiger partial charge in [0.2, 0.25) is 0 Å². The van der Waals surface area contributed by atoms with Crippen molar-refractivity contribution >= 4 is 11.7 Å². The molecule has 6 nitrogen and oxygen atoms in total. The van der Waals surface area contributed by atoms with Crippen molar-refractivity contribution in [1.82, 2.24) is 20.2 Å². The fourth-order valence-corrected chi connectivity index (χ4v) is 3.40. The number of aromatic nitrogens is 2. The Kier molecular flexibility index (Phi) is 6.06. The Morgan fingerprint density at radius 3 is 2.70 bits per heavy atom. The van der Waals surface area contributed by atoms with Crippen LogP contribution in [0.15, 0.2) is 30.5 Å². The molecule has 0 fully saturated rings. The van der Waals surface area contributed by atoms with Crippen molar-refractivity contribution in [3.8, 4) is 0 Å². The summed E-state index contributed by atoms with van der Waals surface area (Å²) in [6.45, 7) is 6.67. The van der Waals surface area contributed by atoms with Crippen LogP contribution in [0.25, 0.3) is 0 Å². The molecule has 6 heteroatoms. The highest BCUT2D eigenvalue weighted by molar-refractivity contribution is 5.99. The number of amides is 1. The number of nitrogens with one attached hydrogen (secondary N) is 1. The SMILES string of the molecule is CC(C)NC(=O)c1cc2c(nc1N(C)C)CCN(Cc1ccccn1)CC2. The number of fused-ring (bicyclic) bond motifs is 1. The first-order valence-electron chi connectivity index (χ1n) is 9.57. The molecule has 0 aromatic carbocycles. The minimum absolute atomic E-state index is 0.0569. The van der Waals surface area contributed by atoms with Crippen LogP contribution in [0.4, 0.5) is 5.82 Å². The third-order valence-electron chi connectivity index (χ3n) is 4.73. The van der Waals surface area contributed by atoms with E-state index < -0.39 is 0 Å². The lowest BCUT2D eigenvalue weighted by Crippen LogP contribution is -2.32. The average molecular weight is 367 g/mol. The molecule has 3 heterocycles. The lowest BCUT2D eigenvalue weighted by Gasteiger charge is -2.19. The number of carbonyl (C=O) groups is 1. The first-order chi connectivity index (χ1) is 12.9. The molecule has 1 aliphatic heterocycles. The fraction of sp³-hybridized carbons (Fsp3) is 0.476. The second-order valence-electron chi connectivity index (χ2n) is 7.59. The first-order valence-corrected chi connectivity index (χ1v) is 9.57. The van der Waals surface area contributed by atoms with Gasteiger partial charge in [-0.15, -0.1) is 0 Å².